The van der Waals surface area contributed by atoms with Crippen molar-refractivity contribution in [3.63, 3.8) is 0 Å². The second-order valence-corrected chi connectivity index (χ2v) is 3.70. The van der Waals surface area contributed by atoms with Crippen molar-refractivity contribution in [2.24, 2.45) is 0 Å². The molecule has 2 aromatic heterocycles. The second kappa shape index (κ2) is 3.51. The maximum atomic E-state index is 4.40. The molecule has 0 bridgehead atoms. The number of rotatable bonds is 2. The lowest BCUT2D eigenvalue weighted by Crippen LogP contribution is -2.29. The first-order valence-electron chi connectivity index (χ1n) is 5.15. The van der Waals surface area contributed by atoms with E-state index in [1.807, 2.05) is 23.1 Å². The van der Waals surface area contributed by atoms with Crippen molar-refractivity contribution in [3.05, 3.63) is 36.2 Å². The van der Waals surface area contributed by atoms with Gasteiger partial charge in [0.2, 0.25) is 0 Å². The van der Waals surface area contributed by atoms with Crippen LogP contribution in [0.1, 0.15) is 11.5 Å². The number of nitrogens with one attached hydrogen (secondary N) is 1. The molecule has 1 aliphatic heterocycles. The molecule has 1 N–H and O–H groups in total. The largest absolute Gasteiger partial charge is 0.328 e. The Morgan fingerprint density at radius 2 is 2.47 bits per heavy atom. The van der Waals surface area contributed by atoms with Gasteiger partial charge in [0.25, 0.3) is 0 Å². The molecule has 1 aliphatic rings. The Morgan fingerprint density at radius 3 is 3.33 bits per heavy atom. The van der Waals surface area contributed by atoms with E-state index in [1.165, 1.54) is 5.69 Å². The van der Waals surface area contributed by atoms with Crippen LogP contribution in [-0.4, -0.2) is 25.9 Å². The maximum Gasteiger partial charge on any atom is 0.122 e. The van der Waals surface area contributed by atoms with Crippen LogP contribution in [0.4, 0.5) is 0 Å². The van der Waals surface area contributed by atoms with Gasteiger partial charge in [-0.15, -0.1) is 0 Å². The van der Waals surface area contributed by atoms with E-state index in [4.69, 9.17) is 0 Å². The summed E-state index contributed by atoms with van der Waals surface area (Å²) in [5.41, 5.74) is 1.23. The standard InChI is InChI=1S/C10H13N5/c1-2-13-14(4-1)8-9-6-12-10-7-11-3-5-15(9)10/h1-2,4,6,11H,3,5,7-8H2. The van der Waals surface area contributed by atoms with Crippen molar-refractivity contribution in [1.29, 1.82) is 0 Å². The average molecular weight is 203 g/mol. The predicted octanol–water partition coefficient (Wildman–Crippen LogP) is 0.231. The van der Waals surface area contributed by atoms with Crippen molar-refractivity contribution in [2.45, 2.75) is 19.6 Å². The topological polar surface area (TPSA) is 47.7 Å². The van der Waals surface area contributed by atoms with Gasteiger partial charge in [-0.2, -0.15) is 5.10 Å². The van der Waals surface area contributed by atoms with E-state index in [1.54, 1.807) is 6.20 Å². The highest BCUT2D eigenvalue weighted by atomic mass is 15.3. The fourth-order valence-electron chi connectivity index (χ4n) is 1.95. The number of hydrogen-bond donors (Lipinski definition) is 1. The quantitative estimate of drug-likeness (QED) is 0.760. The van der Waals surface area contributed by atoms with Gasteiger partial charge in [0, 0.05) is 25.5 Å². The van der Waals surface area contributed by atoms with E-state index in [0.29, 0.717) is 0 Å². The van der Waals surface area contributed by atoms with Gasteiger partial charge in [-0.1, -0.05) is 0 Å². The summed E-state index contributed by atoms with van der Waals surface area (Å²) in [5.74, 6) is 1.13. The molecule has 0 aromatic carbocycles. The van der Waals surface area contributed by atoms with Gasteiger partial charge >= 0.3 is 0 Å². The normalized spacial score (nSPS) is 15.2. The van der Waals surface area contributed by atoms with Crippen LogP contribution in [-0.2, 0) is 19.6 Å². The number of imidazole rings is 1. The highest BCUT2D eigenvalue weighted by Crippen LogP contribution is 2.09. The van der Waals surface area contributed by atoms with Gasteiger partial charge in [-0.25, -0.2) is 4.98 Å². The molecule has 2 aromatic rings. The van der Waals surface area contributed by atoms with Crippen LogP contribution in [0.25, 0.3) is 0 Å². The molecule has 0 atom stereocenters. The number of aromatic nitrogens is 4. The third kappa shape index (κ3) is 1.55. The number of fused-ring (bicyclic) bond motifs is 1. The molecule has 0 radical (unpaired) electrons. The molecule has 0 aliphatic carbocycles. The SMILES string of the molecule is c1cnn(Cc2cnc3n2CCNC3)c1. The first-order valence-corrected chi connectivity index (χ1v) is 5.15. The molecule has 0 amide bonds. The van der Waals surface area contributed by atoms with E-state index in [-0.39, 0.29) is 0 Å². The lowest BCUT2D eigenvalue weighted by atomic mass is 10.4. The number of hydrogen-bond acceptors (Lipinski definition) is 3. The van der Waals surface area contributed by atoms with Crippen molar-refractivity contribution in [2.75, 3.05) is 6.54 Å². The fraction of sp³-hybridized carbons (Fsp3) is 0.400. The predicted molar refractivity (Wildman–Crippen MR) is 55.3 cm³/mol. The highest BCUT2D eigenvalue weighted by Gasteiger charge is 2.13. The maximum absolute atomic E-state index is 4.40. The molecule has 3 rings (SSSR count). The van der Waals surface area contributed by atoms with Crippen LogP contribution in [0, 0.1) is 0 Å². The number of nitrogens with zero attached hydrogens (tertiary/aromatic N) is 4. The van der Waals surface area contributed by atoms with Crippen molar-refractivity contribution in [1.82, 2.24) is 24.6 Å². The van der Waals surface area contributed by atoms with Crippen LogP contribution in [0.3, 0.4) is 0 Å². The molecule has 5 nitrogen and oxygen atoms in total. The lowest BCUT2D eigenvalue weighted by Gasteiger charge is -2.17. The van der Waals surface area contributed by atoms with Gasteiger partial charge in [-0.3, -0.25) is 4.68 Å². The molecule has 15 heavy (non-hydrogen) atoms. The minimum Gasteiger partial charge on any atom is -0.328 e. The molecular formula is C10H13N5. The summed E-state index contributed by atoms with van der Waals surface area (Å²) in [7, 11) is 0. The minimum atomic E-state index is 0.806. The zero-order chi connectivity index (χ0) is 10.1. The van der Waals surface area contributed by atoms with Gasteiger partial charge in [0.1, 0.15) is 5.82 Å². The molecular weight excluding hydrogens is 190 g/mol. The van der Waals surface area contributed by atoms with E-state index >= 15 is 0 Å². The zero-order valence-electron chi connectivity index (χ0n) is 8.43. The first kappa shape index (κ1) is 8.67. The Labute approximate surface area is 87.7 Å². The van der Waals surface area contributed by atoms with Crippen molar-refractivity contribution < 1.29 is 0 Å². The summed E-state index contributed by atoms with van der Waals surface area (Å²) in [6, 6.07) is 1.94. The smallest absolute Gasteiger partial charge is 0.122 e. The van der Waals surface area contributed by atoms with E-state index in [2.05, 4.69) is 20.0 Å². The Bertz CT molecular complexity index is 442. The third-order valence-electron chi connectivity index (χ3n) is 2.70. The van der Waals surface area contributed by atoms with Crippen LogP contribution in [0.15, 0.2) is 24.7 Å². The van der Waals surface area contributed by atoms with Gasteiger partial charge in [0.15, 0.2) is 0 Å². The first-order chi connectivity index (χ1) is 7.43. The van der Waals surface area contributed by atoms with Crippen LogP contribution < -0.4 is 5.32 Å². The molecule has 78 valence electrons. The Morgan fingerprint density at radius 1 is 1.47 bits per heavy atom. The summed E-state index contributed by atoms with van der Waals surface area (Å²) >= 11 is 0. The van der Waals surface area contributed by atoms with Gasteiger partial charge in [0.05, 0.1) is 25.0 Å². The Kier molecular flexibility index (Phi) is 2.03. The van der Waals surface area contributed by atoms with E-state index in [9.17, 15) is 0 Å². The molecule has 5 heteroatoms. The van der Waals surface area contributed by atoms with Gasteiger partial charge in [-0.05, 0) is 6.07 Å². The van der Waals surface area contributed by atoms with Gasteiger partial charge < -0.3 is 9.88 Å². The molecule has 0 fully saturated rings. The van der Waals surface area contributed by atoms with Crippen molar-refractivity contribution >= 4 is 0 Å². The second-order valence-electron chi connectivity index (χ2n) is 3.70. The molecule has 0 spiro atoms. The average Bonchev–Trinajstić information content (AvgIpc) is 2.89. The zero-order valence-corrected chi connectivity index (χ0v) is 8.43. The summed E-state index contributed by atoms with van der Waals surface area (Å²) < 4.78 is 4.20. The summed E-state index contributed by atoms with van der Waals surface area (Å²) in [6.45, 7) is 3.71. The highest BCUT2D eigenvalue weighted by molar-refractivity contribution is 5.07. The summed E-state index contributed by atoms with van der Waals surface area (Å²) in [4.78, 5) is 4.40. The molecule has 0 unspecified atom stereocenters. The van der Waals surface area contributed by atoms with Crippen molar-refractivity contribution in [3.8, 4) is 0 Å². The third-order valence-corrected chi connectivity index (χ3v) is 2.70. The van der Waals surface area contributed by atoms with Crippen LogP contribution in [0.2, 0.25) is 0 Å². The van der Waals surface area contributed by atoms with E-state index < -0.39 is 0 Å². The Balaban J connectivity index is 1.89. The minimum absolute atomic E-state index is 0.806. The molecule has 0 saturated carbocycles. The fourth-order valence-corrected chi connectivity index (χ4v) is 1.95. The summed E-state index contributed by atoms with van der Waals surface area (Å²) in [5, 5.41) is 7.51. The summed E-state index contributed by atoms with van der Waals surface area (Å²) in [6.07, 6.45) is 5.72. The molecule has 3 heterocycles. The van der Waals surface area contributed by atoms with Crippen LogP contribution in [0.5, 0.6) is 0 Å². The Hall–Kier alpha value is -1.62. The van der Waals surface area contributed by atoms with Crippen LogP contribution >= 0.6 is 0 Å². The van der Waals surface area contributed by atoms with E-state index in [0.717, 1.165) is 32.0 Å². The monoisotopic (exact) mass is 203 g/mol. The lowest BCUT2D eigenvalue weighted by molar-refractivity contribution is 0.485. The molecule has 0 saturated heterocycles.